The number of sulfonamides is 1. The molecule has 1 N–H and O–H groups in total. The second kappa shape index (κ2) is 10.8. The summed E-state index contributed by atoms with van der Waals surface area (Å²) in [6.45, 7) is -0.485. The minimum Gasteiger partial charge on any atom is -0.493 e. The van der Waals surface area contributed by atoms with E-state index >= 15 is 0 Å². The van der Waals surface area contributed by atoms with Gasteiger partial charge in [-0.1, -0.05) is 18.2 Å². The summed E-state index contributed by atoms with van der Waals surface area (Å²) in [5, 5.41) is 2.71. The SMILES string of the molecule is COc1ccc(NC(=O)CN(c2ccc(OC)c(OC)c2)S(=O)(=O)c2ccccc2)cc1OC. The van der Waals surface area contributed by atoms with Gasteiger partial charge in [-0.05, 0) is 36.4 Å². The van der Waals surface area contributed by atoms with Crippen LogP contribution in [0.15, 0.2) is 71.6 Å². The summed E-state index contributed by atoms with van der Waals surface area (Å²) in [5.41, 5.74) is 0.663. The molecule has 3 aromatic rings. The molecule has 0 fully saturated rings. The highest BCUT2D eigenvalue weighted by Crippen LogP contribution is 2.34. The fraction of sp³-hybridized carbons (Fsp3) is 0.208. The molecule has 0 aliphatic heterocycles. The van der Waals surface area contributed by atoms with E-state index < -0.39 is 22.5 Å². The van der Waals surface area contributed by atoms with E-state index in [1.807, 2.05) is 0 Å². The summed E-state index contributed by atoms with van der Waals surface area (Å²) in [7, 11) is 1.83. The second-order valence-electron chi connectivity index (χ2n) is 6.98. The Balaban J connectivity index is 1.97. The number of carbonyl (C=O) groups is 1. The molecular formula is C24H26N2O7S. The van der Waals surface area contributed by atoms with Crippen LogP contribution in [0, 0.1) is 0 Å². The van der Waals surface area contributed by atoms with Crippen LogP contribution in [-0.4, -0.2) is 49.3 Å². The highest BCUT2D eigenvalue weighted by Gasteiger charge is 2.28. The highest BCUT2D eigenvalue weighted by molar-refractivity contribution is 7.92. The maximum Gasteiger partial charge on any atom is 0.264 e. The molecular weight excluding hydrogens is 460 g/mol. The molecule has 0 bridgehead atoms. The maximum absolute atomic E-state index is 13.5. The molecule has 0 aliphatic rings. The average molecular weight is 487 g/mol. The van der Waals surface area contributed by atoms with Crippen LogP contribution in [0.1, 0.15) is 0 Å². The lowest BCUT2D eigenvalue weighted by molar-refractivity contribution is -0.114. The van der Waals surface area contributed by atoms with E-state index in [0.717, 1.165) is 4.31 Å². The molecule has 180 valence electrons. The predicted octanol–water partition coefficient (Wildman–Crippen LogP) is 3.56. The molecule has 0 radical (unpaired) electrons. The van der Waals surface area contributed by atoms with Crippen LogP contribution in [0.4, 0.5) is 11.4 Å². The van der Waals surface area contributed by atoms with E-state index in [9.17, 15) is 13.2 Å². The average Bonchev–Trinajstić information content (AvgIpc) is 2.87. The van der Waals surface area contributed by atoms with Crippen molar-refractivity contribution in [3.8, 4) is 23.0 Å². The number of nitrogens with one attached hydrogen (secondary N) is 1. The lowest BCUT2D eigenvalue weighted by Crippen LogP contribution is -2.38. The van der Waals surface area contributed by atoms with Gasteiger partial charge in [-0.25, -0.2) is 8.42 Å². The Morgan fingerprint density at radius 3 is 1.91 bits per heavy atom. The van der Waals surface area contributed by atoms with E-state index in [2.05, 4.69) is 5.32 Å². The van der Waals surface area contributed by atoms with Gasteiger partial charge < -0.3 is 24.3 Å². The number of amides is 1. The Labute approximate surface area is 198 Å². The zero-order chi connectivity index (χ0) is 24.7. The van der Waals surface area contributed by atoms with Crippen molar-refractivity contribution in [3.63, 3.8) is 0 Å². The first-order chi connectivity index (χ1) is 16.3. The van der Waals surface area contributed by atoms with Crippen molar-refractivity contribution in [2.45, 2.75) is 4.90 Å². The van der Waals surface area contributed by atoms with Gasteiger partial charge in [0.25, 0.3) is 10.0 Å². The van der Waals surface area contributed by atoms with Crippen molar-refractivity contribution in [2.24, 2.45) is 0 Å². The van der Waals surface area contributed by atoms with E-state index in [0.29, 0.717) is 28.7 Å². The number of ether oxygens (including phenoxy) is 4. The maximum atomic E-state index is 13.5. The Kier molecular flexibility index (Phi) is 7.85. The number of anilines is 2. The van der Waals surface area contributed by atoms with E-state index in [1.165, 1.54) is 46.6 Å². The zero-order valence-electron chi connectivity index (χ0n) is 19.3. The van der Waals surface area contributed by atoms with Crippen LogP contribution in [0.2, 0.25) is 0 Å². The monoisotopic (exact) mass is 486 g/mol. The molecule has 0 heterocycles. The Hall–Kier alpha value is -3.92. The first-order valence-electron chi connectivity index (χ1n) is 10.2. The van der Waals surface area contributed by atoms with Gasteiger partial charge in [0.1, 0.15) is 6.54 Å². The lowest BCUT2D eigenvalue weighted by Gasteiger charge is -2.25. The quantitative estimate of drug-likeness (QED) is 0.467. The number of hydrogen-bond acceptors (Lipinski definition) is 7. The molecule has 0 unspecified atom stereocenters. The van der Waals surface area contributed by atoms with Crippen molar-refractivity contribution < 1.29 is 32.2 Å². The first kappa shape index (κ1) is 24.7. The molecule has 0 saturated heterocycles. The predicted molar refractivity (Wildman–Crippen MR) is 129 cm³/mol. The molecule has 34 heavy (non-hydrogen) atoms. The normalized spacial score (nSPS) is 10.8. The zero-order valence-corrected chi connectivity index (χ0v) is 20.1. The summed E-state index contributed by atoms with van der Waals surface area (Å²) in [5.74, 6) is 1.13. The molecule has 3 rings (SSSR count). The van der Waals surface area contributed by atoms with E-state index in [-0.39, 0.29) is 10.6 Å². The molecule has 0 atom stereocenters. The van der Waals surface area contributed by atoms with Crippen molar-refractivity contribution in [1.29, 1.82) is 0 Å². The molecule has 9 nitrogen and oxygen atoms in total. The number of benzene rings is 3. The Morgan fingerprint density at radius 1 is 0.765 bits per heavy atom. The fourth-order valence-electron chi connectivity index (χ4n) is 3.26. The Morgan fingerprint density at radius 2 is 1.32 bits per heavy atom. The van der Waals surface area contributed by atoms with E-state index in [4.69, 9.17) is 18.9 Å². The fourth-order valence-corrected chi connectivity index (χ4v) is 4.69. The van der Waals surface area contributed by atoms with Crippen molar-refractivity contribution in [2.75, 3.05) is 44.6 Å². The number of methoxy groups -OCH3 is 4. The van der Waals surface area contributed by atoms with Gasteiger partial charge in [-0.15, -0.1) is 0 Å². The summed E-state index contributed by atoms with van der Waals surface area (Å²) in [6, 6.07) is 17.4. The molecule has 0 aromatic heterocycles. The number of hydrogen-bond donors (Lipinski definition) is 1. The largest absolute Gasteiger partial charge is 0.493 e. The number of nitrogens with zero attached hydrogens (tertiary/aromatic N) is 1. The van der Waals surface area contributed by atoms with Crippen LogP contribution in [-0.2, 0) is 14.8 Å². The van der Waals surface area contributed by atoms with Crippen LogP contribution in [0.5, 0.6) is 23.0 Å². The van der Waals surface area contributed by atoms with Crippen molar-refractivity contribution in [1.82, 2.24) is 0 Å². The molecule has 1 amide bonds. The molecule has 0 aliphatic carbocycles. The van der Waals surface area contributed by atoms with Gasteiger partial charge in [-0.2, -0.15) is 0 Å². The van der Waals surface area contributed by atoms with Crippen LogP contribution in [0.3, 0.4) is 0 Å². The van der Waals surface area contributed by atoms with Gasteiger partial charge in [0.2, 0.25) is 5.91 Å². The van der Waals surface area contributed by atoms with E-state index in [1.54, 1.807) is 48.5 Å². The van der Waals surface area contributed by atoms with Crippen LogP contribution < -0.4 is 28.6 Å². The smallest absolute Gasteiger partial charge is 0.264 e. The van der Waals surface area contributed by atoms with Crippen molar-refractivity contribution in [3.05, 3.63) is 66.7 Å². The van der Waals surface area contributed by atoms with Crippen LogP contribution in [0.25, 0.3) is 0 Å². The molecule has 0 saturated carbocycles. The minimum absolute atomic E-state index is 0.0451. The third-order valence-corrected chi connectivity index (χ3v) is 6.73. The molecule has 3 aromatic carbocycles. The molecule has 10 heteroatoms. The van der Waals surface area contributed by atoms with Gasteiger partial charge >= 0.3 is 0 Å². The highest BCUT2D eigenvalue weighted by atomic mass is 32.2. The second-order valence-corrected chi connectivity index (χ2v) is 8.84. The topological polar surface area (TPSA) is 103 Å². The summed E-state index contributed by atoms with van der Waals surface area (Å²) in [4.78, 5) is 13.0. The van der Waals surface area contributed by atoms with Gasteiger partial charge in [-0.3, -0.25) is 9.10 Å². The minimum atomic E-state index is -4.08. The molecule has 0 spiro atoms. The Bertz CT molecular complexity index is 1250. The summed E-state index contributed by atoms with van der Waals surface area (Å²) in [6.07, 6.45) is 0. The summed E-state index contributed by atoms with van der Waals surface area (Å²) >= 11 is 0. The standard InChI is InChI=1S/C24H26N2O7S/c1-30-20-12-10-17(14-22(20)32-3)25-24(27)16-26(34(28,29)19-8-6-5-7-9-19)18-11-13-21(31-2)23(15-18)33-4/h5-15H,16H2,1-4H3,(H,25,27). The van der Waals surface area contributed by atoms with Crippen molar-refractivity contribution >= 4 is 27.3 Å². The summed E-state index contributed by atoms with van der Waals surface area (Å²) < 4.78 is 49.0. The number of carbonyl (C=O) groups excluding carboxylic acids is 1. The van der Waals surface area contributed by atoms with Gasteiger partial charge in [0, 0.05) is 17.8 Å². The number of rotatable bonds is 10. The van der Waals surface area contributed by atoms with Gasteiger partial charge in [0.05, 0.1) is 39.0 Å². The third kappa shape index (κ3) is 5.34. The van der Waals surface area contributed by atoms with Gasteiger partial charge in [0.15, 0.2) is 23.0 Å². The van der Waals surface area contributed by atoms with Crippen LogP contribution >= 0.6 is 0 Å². The first-order valence-corrected chi connectivity index (χ1v) is 11.6. The third-order valence-electron chi connectivity index (χ3n) is 4.94. The lowest BCUT2D eigenvalue weighted by atomic mass is 10.2.